The molecule has 1 heterocycles. The Morgan fingerprint density at radius 1 is 0.941 bits per heavy atom. The molecule has 2 aromatic carbocycles. The van der Waals surface area contributed by atoms with E-state index in [0.29, 0.717) is 22.7 Å². The SMILES string of the molecule is Cc1ccc2c(c1)[NH+]([O-])c1ccccc1[NH+]2O. The zero-order chi connectivity index (χ0) is 12.0. The van der Waals surface area contributed by atoms with Crippen molar-refractivity contribution in [3.63, 3.8) is 0 Å². The van der Waals surface area contributed by atoms with Crippen LogP contribution in [0.4, 0.5) is 22.7 Å². The Morgan fingerprint density at radius 2 is 1.59 bits per heavy atom. The summed E-state index contributed by atoms with van der Waals surface area (Å²) in [5, 5.41) is 22.6. The normalized spacial score (nSPS) is 21.8. The highest BCUT2D eigenvalue weighted by Gasteiger charge is 2.33. The Hall–Kier alpha value is -1.72. The highest BCUT2D eigenvalue weighted by atomic mass is 16.5. The number of nitrogens with one attached hydrogen (secondary N) is 2. The maximum absolute atomic E-state index is 12.3. The summed E-state index contributed by atoms with van der Waals surface area (Å²) in [5.74, 6) is 0. The van der Waals surface area contributed by atoms with E-state index >= 15 is 0 Å². The van der Waals surface area contributed by atoms with Crippen molar-refractivity contribution < 1.29 is 15.3 Å². The molecule has 0 aliphatic carbocycles. The third-order valence-electron chi connectivity index (χ3n) is 3.10. The van der Waals surface area contributed by atoms with E-state index in [0.717, 1.165) is 5.56 Å². The second-order valence-corrected chi connectivity index (χ2v) is 4.27. The van der Waals surface area contributed by atoms with Crippen LogP contribution in [0.2, 0.25) is 0 Å². The number of para-hydroxylation sites is 2. The molecule has 2 aromatic rings. The lowest BCUT2D eigenvalue weighted by Crippen LogP contribution is -3.09. The van der Waals surface area contributed by atoms with Crippen LogP contribution >= 0.6 is 0 Å². The first kappa shape index (κ1) is 10.4. The monoisotopic (exact) mass is 229 g/mol. The molecule has 0 saturated carbocycles. The van der Waals surface area contributed by atoms with Gasteiger partial charge in [-0.05, 0) is 12.5 Å². The molecule has 4 heteroatoms. The molecule has 0 fully saturated rings. The maximum Gasteiger partial charge on any atom is 0.230 e. The van der Waals surface area contributed by atoms with Crippen LogP contribution in [0.3, 0.4) is 0 Å². The molecular weight excluding hydrogens is 216 g/mol. The van der Waals surface area contributed by atoms with Crippen LogP contribution < -0.4 is 10.1 Å². The Bertz CT molecular complexity index is 583. The van der Waals surface area contributed by atoms with Crippen LogP contribution in [-0.4, -0.2) is 5.21 Å². The molecule has 0 saturated heterocycles. The first-order valence-electron chi connectivity index (χ1n) is 5.49. The number of benzene rings is 2. The molecule has 3 rings (SSSR count). The Morgan fingerprint density at radius 3 is 2.35 bits per heavy atom. The Kier molecular flexibility index (Phi) is 2.24. The van der Waals surface area contributed by atoms with Gasteiger partial charge in [0.25, 0.3) is 0 Å². The van der Waals surface area contributed by atoms with Gasteiger partial charge in [0.15, 0.2) is 0 Å². The molecule has 0 spiro atoms. The van der Waals surface area contributed by atoms with Gasteiger partial charge in [0.05, 0.1) is 0 Å². The number of hydrogen-bond acceptors (Lipinski definition) is 2. The number of hydrogen-bond donors (Lipinski definition) is 3. The molecule has 17 heavy (non-hydrogen) atoms. The van der Waals surface area contributed by atoms with E-state index in [1.807, 2.05) is 31.2 Å². The third kappa shape index (κ3) is 1.47. The fourth-order valence-electron chi connectivity index (χ4n) is 2.23. The second-order valence-electron chi connectivity index (χ2n) is 4.27. The van der Waals surface area contributed by atoms with E-state index < -0.39 is 0 Å². The van der Waals surface area contributed by atoms with Gasteiger partial charge < -0.3 is 5.21 Å². The largest absolute Gasteiger partial charge is 0.623 e. The van der Waals surface area contributed by atoms with Gasteiger partial charge in [-0.25, -0.2) is 5.21 Å². The lowest BCUT2D eigenvalue weighted by molar-refractivity contribution is -0.987. The van der Waals surface area contributed by atoms with Crippen LogP contribution in [0.1, 0.15) is 5.56 Å². The van der Waals surface area contributed by atoms with Crippen LogP contribution in [-0.2, 0) is 0 Å². The smallest absolute Gasteiger partial charge is 0.230 e. The number of fused-ring (bicyclic) bond motifs is 2. The summed E-state index contributed by atoms with van der Waals surface area (Å²) >= 11 is 0. The molecular formula is C13H13N2O2+. The minimum absolute atomic E-state index is 0.0166. The van der Waals surface area contributed by atoms with Crippen molar-refractivity contribution in [1.29, 1.82) is 0 Å². The molecule has 1 aliphatic rings. The van der Waals surface area contributed by atoms with Gasteiger partial charge in [-0.3, -0.25) is 5.06 Å². The second kappa shape index (κ2) is 3.65. The van der Waals surface area contributed by atoms with Crippen LogP contribution in [0, 0.1) is 12.1 Å². The van der Waals surface area contributed by atoms with Crippen LogP contribution in [0.15, 0.2) is 42.5 Å². The number of aryl methyl sites for hydroxylation is 1. The van der Waals surface area contributed by atoms with Crippen molar-refractivity contribution in [2.45, 2.75) is 6.92 Å². The summed E-state index contributed by atoms with van der Waals surface area (Å²) < 4.78 is 0. The predicted molar refractivity (Wildman–Crippen MR) is 63.3 cm³/mol. The van der Waals surface area contributed by atoms with Crippen molar-refractivity contribution in [3.05, 3.63) is 53.2 Å². The zero-order valence-electron chi connectivity index (χ0n) is 9.40. The molecule has 2 atom stereocenters. The molecule has 0 aromatic heterocycles. The van der Waals surface area contributed by atoms with Crippen molar-refractivity contribution in [3.8, 4) is 0 Å². The van der Waals surface area contributed by atoms with Gasteiger partial charge >= 0.3 is 0 Å². The Balaban J connectivity index is 2.25. The van der Waals surface area contributed by atoms with Gasteiger partial charge in [0.2, 0.25) is 22.7 Å². The third-order valence-corrected chi connectivity index (χ3v) is 3.10. The summed E-state index contributed by atoms with van der Waals surface area (Å²) in [6.45, 7) is 1.94. The maximum atomic E-state index is 12.3. The highest BCUT2D eigenvalue weighted by molar-refractivity contribution is 5.64. The molecule has 0 bridgehead atoms. The van der Waals surface area contributed by atoms with Crippen molar-refractivity contribution in [2.75, 3.05) is 0 Å². The van der Waals surface area contributed by atoms with Crippen LogP contribution in [0.5, 0.6) is 0 Å². The number of quaternary nitrogens is 2. The van der Waals surface area contributed by atoms with Gasteiger partial charge in [-0.2, -0.15) is 0 Å². The standard InChI is InChI=1S/C13H12N2O2/c1-9-6-7-12-13(8-9)15(17)11-5-3-2-4-10(11)14(12)16/h2-8,15-16H,1H3/p+1. The molecule has 86 valence electrons. The van der Waals surface area contributed by atoms with E-state index in [9.17, 15) is 10.4 Å². The van der Waals surface area contributed by atoms with Gasteiger partial charge in [0.1, 0.15) is 0 Å². The summed E-state index contributed by atoms with van der Waals surface area (Å²) in [5.41, 5.74) is 3.42. The zero-order valence-corrected chi connectivity index (χ0v) is 9.40. The molecule has 2 unspecified atom stereocenters. The molecule has 3 N–H and O–H groups in total. The average Bonchev–Trinajstić information content (AvgIpc) is 2.36. The van der Waals surface area contributed by atoms with Crippen molar-refractivity contribution >= 4 is 22.7 Å². The highest BCUT2D eigenvalue weighted by Crippen LogP contribution is 2.26. The molecule has 0 radical (unpaired) electrons. The van der Waals surface area contributed by atoms with E-state index in [2.05, 4.69) is 0 Å². The minimum Gasteiger partial charge on any atom is -0.623 e. The first-order chi connectivity index (χ1) is 8.18. The van der Waals surface area contributed by atoms with Crippen molar-refractivity contribution in [2.24, 2.45) is 0 Å². The minimum atomic E-state index is -0.0166. The van der Waals surface area contributed by atoms with E-state index in [-0.39, 0.29) is 10.1 Å². The lowest BCUT2D eigenvalue weighted by Gasteiger charge is -2.29. The van der Waals surface area contributed by atoms with Gasteiger partial charge in [-0.1, -0.05) is 18.2 Å². The summed E-state index contributed by atoms with van der Waals surface area (Å²) in [7, 11) is 0. The molecule has 4 nitrogen and oxygen atoms in total. The predicted octanol–water partition coefficient (Wildman–Crippen LogP) is 0.892. The quantitative estimate of drug-likeness (QED) is 0.588. The summed E-state index contributed by atoms with van der Waals surface area (Å²) in [6, 6.07) is 12.7. The first-order valence-corrected chi connectivity index (χ1v) is 5.49. The van der Waals surface area contributed by atoms with Crippen molar-refractivity contribution in [1.82, 2.24) is 0 Å². The fraction of sp³-hybridized carbons (Fsp3) is 0.0769. The molecule has 0 amide bonds. The number of rotatable bonds is 0. The van der Waals surface area contributed by atoms with E-state index in [1.54, 1.807) is 18.2 Å². The summed E-state index contributed by atoms with van der Waals surface area (Å²) in [6.07, 6.45) is 0. The van der Waals surface area contributed by atoms with Gasteiger partial charge in [-0.15, -0.1) is 5.06 Å². The fourth-order valence-corrected chi connectivity index (χ4v) is 2.23. The van der Waals surface area contributed by atoms with E-state index in [1.165, 1.54) is 0 Å². The molecule has 1 aliphatic heterocycles. The Labute approximate surface area is 98.9 Å². The average molecular weight is 229 g/mol. The topological polar surface area (TPSA) is 52.2 Å². The van der Waals surface area contributed by atoms with E-state index in [4.69, 9.17) is 0 Å². The lowest BCUT2D eigenvalue weighted by atomic mass is 10.1. The summed E-state index contributed by atoms with van der Waals surface area (Å²) in [4.78, 5) is 0. The van der Waals surface area contributed by atoms with Gasteiger partial charge in [0, 0.05) is 24.3 Å². The van der Waals surface area contributed by atoms with Crippen LogP contribution in [0.25, 0.3) is 0 Å².